The molecular weight excluding hydrogens is 234 g/mol. The van der Waals surface area contributed by atoms with E-state index in [9.17, 15) is 8.78 Å². The number of benzene rings is 1. The predicted octanol–water partition coefficient (Wildman–Crippen LogP) is 2.49. The molecule has 0 aliphatic carbocycles. The molecular formula is C14H20F2N2. The third kappa shape index (κ3) is 3.50. The van der Waals surface area contributed by atoms with Crippen LogP contribution in [0.15, 0.2) is 18.2 Å². The average Bonchev–Trinajstić information content (AvgIpc) is 2.36. The minimum absolute atomic E-state index is 0.282. The minimum Gasteiger partial charge on any atom is -0.330 e. The van der Waals surface area contributed by atoms with Gasteiger partial charge in [-0.05, 0) is 69.1 Å². The van der Waals surface area contributed by atoms with Gasteiger partial charge in [0.15, 0.2) is 0 Å². The molecule has 0 atom stereocenters. The fraction of sp³-hybridized carbons (Fsp3) is 0.571. The van der Waals surface area contributed by atoms with Crippen molar-refractivity contribution in [2.24, 2.45) is 5.73 Å². The Bertz CT molecular complexity index is 367. The molecule has 0 saturated carbocycles. The summed E-state index contributed by atoms with van der Waals surface area (Å²) in [6, 6.07) is 3.85. The van der Waals surface area contributed by atoms with Gasteiger partial charge in [-0.25, -0.2) is 8.78 Å². The van der Waals surface area contributed by atoms with Crippen LogP contribution in [0.1, 0.15) is 30.7 Å². The summed E-state index contributed by atoms with van der Waals surface area (Å²) in [6.07, 6.45) is 2.94. The highest BCUT2D eigenvalue weighted by Crippen LogP contribution is 2.28. The predicted molar refractivity (Wildman–Crippen MR) is 68.4 cm³/mol. The van der Waals surface area contributed by atoms with Crippen molar-refractivity contribution in [2.75, 3.05) is 26.2 Å². The third-order valence-corrected chi connectivity index (χ3v) is 3.62. The van der Waals surface area contributed by atoms with Gasteiger partial charge in [-0.1, -0.05) is 0 Å². The summed E-state index contributed by atoms with van der Waals surface area (Å²) in [6.45, 7) is 3.72. The van der Waals surface area contributed by atoms with Crippen LogP contribution in [0.2, 0.25) is 0 Å². The van der Waals surface area contributed by atoms with Crippen LogP contribution in [0, 0.1) is 11.6 Å². The molecule has 1 fully saturated rings. The van der Waals surface area contributed by atoms with Crippen LogP contribution in [0.5, 0.6) is 0 Å². The van der Waals surface area contributed by atoms with Crippen molar-refractivity contribution in [3.05, 3.63) is 35.4 Å². The molecule has 0 aromatic heterocycles. The number of nitrogens with zero attached hydrogens (tertiary/aromatic N) is 1. The second kappa shape index (κ2) is 6.25. The Labute approximate surface area is 107 Å². The largest absolute Gasteiger partial charge is 0.330 e. The highest BCUT2D eigenvalue weighted by atomic mass is 19.1. The first-order valence-corrected chi connectivity index (χ1v) is 6.57. The molecule has 0 amide bonds. The Morgan fingerprint density at radius 2 is 1.72 bits per heavy atom. The van der Waals surface area contributed by atoms with Crippen molar-refractivity contribution >= 4 is 0 Å². The molecule has 18 heavy (non-hydrogen) atoms. The zero-order valence-electron chi connectivity index (χ0n) is 10.5. The maximum absolute atomic E-state index is 13.2. The fourth-order valence-electron chi connectivity index (χ4n) is 2.62. The topological polar surface area (TPSA) is 29.3 Å². The van der Waals surface area contributed by atoms with Gasteiger partial charge in [-0.2, -0.15) is 0 Å². The number of hydrogen-bond acceptors (Lipinski definition) is 2. The van der Waals surface area contributed by atoms with E-state index in [2.05, 4.69) is 4.90 Å². The summed E-state index contributed by atoms with van der Waals surface area (Å²) in [5.74, 6) is -0.671. The summed E-state index contributed by atoms with van der Waals surface area (Å²) >= 11 is 0. The molecule has 0 unspecified atom stereocenters. The maximum Gasteiger partial charge on any atom is 0.126 e. The number of likely N-dealkylation sites (tertiary alicyclic amines) is 1. The van der Waals surface area contributed by atoms with Crippen molar-refractivity contribution < 1.29 is 8.78 Å². The van der Waals surface area contributed by atoms with Crippen LogP contribution in [0.3, 0.4) is 0 Å². The quantitative estimate of drug-likeness (QED) is 0.894. The number of rotatable bonds is 4. The van der Waals surface area contributed by atoms with Gasteiger partial charge in [-0.3, -0.25) is 0 Å². The van der Waals surface area contributed by atoms with Crippen LogP contribution in [-0.2, 0) is 0 Å². The van der Waals surface area contributed by atoms with E-state index in [4.69, 9.17) is 5.73 Å². The van der Waals surface area contributed by atoms with Crippen molar-refractivity contribution in [1.82, 2.24) is 4.90 Å². The Morgan fingerprint density at radius 3 is 2.28 bits per heavy atom. The minimum atomic E-state index is -0.476. The highest BCUT2D eigenvalue weighted by Gasteiger charge is 2.21. The van der Waals surface area contributed by atoms with E-state index in [0.717, 1.165) is 57.1 Å². The van der Waals surface area contributed by atoms with Gasteiger partial charge in [0.2, 0.25) is 0 Å². The van der Waals surface area contributed by atoms with E-state index in [1.165, 1.54) is 12.1 Å². The second-order valence-electron chi connectivity index (χ2n) is 4.96. The Hall–Kier alpha value is -1.00. The number of nitrogens with two attached hydrogens (primary N) is 1. The lowest BCUT2D eigenvalue weighted by Gasteiger charge is -2.32. The lowest BCUT2D eigenvalue weighted by atomic mass is 9.89. The zero-order chi connectivity index (χ0) is 13.0. The van der Waals surface area contributed by atoms with E-state index in [-0.39, 0.29) is 5.92 Å². The van der Waals surface area contributed by atoms with Crippen molar-refractivity contribution in [2.45, 2.75) is 25.2 Å². The molecule has 2 nitrogen and oxygen atoms in total. The standard InChI is InChI=1S/C14H20F2N2/c15-13-8-12(9-14(16)10-13)11-2-6-18(7-3-11)5-1-4-17/h8-11H,1-7,17H2. The van der Waals surface area contributed by atoms with Gasteiger partial charge >= 0.3 is 0 Å². The number of hydrogen-bond donors (Lipinski definition) is 1. The van der Waals surface area contributed by atoms with Gasteiger partial charge in [0.05, 0.1) is 0 Å². The van der Waals surface area contributed by atoms with Gasteiger partial charge in [0, 0.05) is 6.07 Å². The summed E-state index contributed by atoms with van der Waals surface area (Å²) in [5, 5.41) is 0. The molecule has 1 saturated heterocycles. The fourth-order valence-corrected chi connectivity index (χ4v) is 2.62. The summed E-state index contributed by atoms with van der Waals surface area (Å²) in [5.41, 5.74) is 6.28. The van der Waals surface area contributed by atoms with Crippen LogP contribution >= 0.6 is 0 Å². The highest BCUT2D eigenvalue weighted by molar-refractivity contribution is 5.22. The molecule has 1 aromatic rings. The first-order valence-electron chi connectivity index (χ1n) is 6.57. The number of halogens is 2. The van der Waals surface area contributed by atoms with Gasteiger partial charge < -0.3 is 10.6 Å². The SMILES string of the molecule is NCCCN1CCC(c2cc(F)cc(F)c2)CC1. The zero-order valence-corrected chi connectivity index (χ0v) is 10.5. The van der Waals surface area contributed by atoms with Crippen molar-refractivity contribution in [3.63, 3.8) is 0 Å². The molecule has 0 spiro atoms. The van der Waals surface area contributed by atoms with Gasteiger partial charge in [0.1, 0.15) is 11.6 Å². The van der Waals surface area contributed by atoms with Crippen LogP contribution in [-0.4, -0.2) is 31.1 Å². The normalized spacial score (nSPS) is 18.2. The molecule has 100 valence electrons. The summed E-state index contributed by atoms with van der Waals surface area (Å²) in [4.78, 5) is 2.37. The molecule has 1 aliphatic rings. The summed E-state index contributed by atoms with van der Waals surface area (Å²) < 4.78 is 26.3. The maximum atomic E-state index is 13.2. The number of piperidine rings is 1. The first kappa shape index (κ1) is 13.4. The summed E-state index contributed by atoms with van der Waals surface area (Å²) in [7, 11) is 0. The van der Waals surface area contributed by atoms with Crippen LogP contribution < -0.4 is 5.73 Å². The van der Waals surface area contributed by atoms with Crippen LogP contribution in [0.4, 0.5) is 8.78 Å². The Balaban J connectivity index is 1.92. The van der Waals surface area contributed by atoms with E-state index in [1.807, 2.05) is 0 Å². The molecule has 2 N–H and O–H groups in total. The first-order chi connectivity index (χ1) is 8.69. The molecule has 2 rings (SSSR count). The molecule has 4 heteroatoms. The van der Waals surface area contributed by atoms with Crippen molar-refractivity contribution in [1.29, 1.82) is 0 Å². The lowest BCUT2D eigenvalue weighted by Crippen LogP contribution is -2.34. The molecule has 1 aliphatic heterocycles. The lowest BCUT2D eigenvalue weighted by molar-refractivity contribution is 0.211. The van der Waals surface area contributed by atoms with Gasteiger partial charge in [0.25, 0.3) is 0 Å². The Kier molecular flexibility index (Phi) is 4.66. The molecule has 0 radical (unpaired) electrons. The van der Waals surface area contributed by atoms with E-state index in [1.54, 1.807) is 0 Å². The molecule has 0 bridgehead atoms. The smallest absolute Gasteiger partial charge is 0.126 e. The monoisotopic (exact) mass is 254 g/mol. The van der Waals surface area contributed by atoms with E-state index < -0.39 is 11.6 Å². The Morgan fingerprint density at radius 1 is 1.11 bits per heavy atom. The van der Waals surface area contributed by atoms with Crippen molar-refractivity contribution in [3.8, 4) is 0 Å². The van der Waals surface area contributed by atoms with Gasteiger partial charge in [-0.15, -0.1) is 0 Å². The molecule has 1 heterocycles. The van der Waals surface area contributed by atoms with E-state index >= 15 is 0 Å². The molecule has 1 aromatic carbocycles. The third-order valence-electron chi connectivity index (χ3n) is 3.62. The van der Waals surface area contributed by atoms with E-state index in [0.29, 0.717) is 0 Å². The second-order valence-corrected chi connectivity index (χ2v) is 4.96. The average molecular weight is 254 g/mol. The van der Waals surface area contributed by atoms with Crippen LogP contribution in [0.25, 0.3) is 0 Å².